The lowest BCUT2D eigenvalue weighted by Gasteiger charge is -2.51. The van der Waals surface area contributed by atoms with Crippen molar-refractivity contribution in [3.05, 3.63) is 70.8 Å². The van der Waals surface area contributed by atoms with Crippen molar-refractivity contribution in [2.45, 2.75) is 59.9 Å². The zero-order valence-corrected chi connectivity index (χ0v) is 20.8. The monoisotopic (exact) mass is 547 g/mol. The minimum atomic E-state index is -5.09. The minimum Gasteiger partial charge on any atom is -0.468 e. The molecule has 1 aliphatic carbocycles. The number of sulfone groups is 1. The molecule has 4 rings (SSSR count). The third-order valence-corrected chi connectivity index (χ3v) is 10.2. The van der Waals surface area contributed by atoms with E-state index >= 15 is 8.78 Å². The molecule has 37 heavy (non-hydrogen) atoms. The second-order valence-corrected chi connectivity index (χ2v) is 12.2. The van der Waals surface area contributed by atoms with E-state index in [-0.39, 0.29) is 12.1 Å². The summed E-state index contributed by atoms with van der Waals surface area (Å²) >= 11 is 0. The molecule has 2 aliphatic rings. The molecule has 202 valence electrons. The number of benzene rings is 2. The van der Waals surface area contributed by atoms with E-state index in [1.807, 2.05) is 0 Å². The molecule has 2 aromatic carbocycles. The number of rotatable bonds is 5. The minimum absolute atomic E-state index is 0.142. The van der Waals surface area contributed by atoms with E-state index in [4.69, 9.17) is 0 Å². The first-order valence-corrected chi connectivity index (χ1v) is 13.1. The standard InChI is InChI=1S/C25H26F5NO5S/c1-14-20(37(34,35)21(11-31-14)15-6-4-3-5-7-15)9-16-8-19(27)17(10-18(16)26)23(22(32)36-2)12-24(33,13-23)25(28,29)30/h3-8,10,14,20-21,31,33H,9,11-13H2,1-2H3/t14-,20?,21-,23?,24?/m0/s1. The summed E-state index contributed by atoms with van der Waals surface area (Å²) in [7, 11) is -2.97. The van der Waals surface area contributed by atoms with Gasteiger partial charge in [-0.2, -0.15) is 13.2 Å². The summed E-state index contributed by atoms with van der Waals surface area (Å²) in [6.45, 7) is 1.76. The molecule has 6 nitrogen and oxygen atoms in total. The van der Waals surface area contributed by atoms with Crippen LogP contribution in [0.3, 0.4) is 0 Å². The fourth-order valence-electron chi connectivity index (χ4n) is 5.42. The van der Waals surface area contributed by atoms with Gasteiger partial charge in [-0.25, -0.2) is 17.2 Å². The van der Waals surface area contributed by atoms with Crippen LogP contribution in [0.25, 0.3) is 0 Å². The Labute approximate surface area is 210 Å². The number of aliphatic hydroxyl groups is 1. The average molecular weight is 548 g/mol. The molecular weight excluding hydrogens is 521 g/mol. The van der Waals surface area contributed by atoms with Crippen LogP contribution in [0.4, 0.5) is 22.0 Å². The van der Waals surface area contributed by atoms with Crippen molar-refractivity contribution in [1.29, 1.82) is 0 Å². The van der Waals surface area contributed by atoms with Crippen LogP contribution < -0.4 is 5.32 Å². The molecule has 1 saturated carbocycles. The van der Waals surface area contributed by atoms with E-state index < -0.39 is 86.0 Å². The van der Waals surface area contributed by atoms with Crippen molar-refractivity contribution < 1.29 is 45.0 Å². The van der Waals surface area contributed by atoms with Gasteiger partial charge in [-0.05, 0) is 36.6 Å². The predicted molar refractivity (Wildman–Crippen MR) is 123 cm³/mol. The van der Waals surface area contributed by atoms with Crippen molar-refractivity contribution >= 4 is 15.8 Å². The average Bonchev–Trinajstić information content (AvgIpc) is 2.80. The summed E-state index contributed by atoms with van der Waals surface area (Å²) in [6.07, 6.45) is -7.96. The van der Waals surface area contributed by atoms with Gasteiger partial charge >= 0.3 is 12.1 Å². The Bertz CT molecular complexity index is 1290. The first-order chi connectivity index (χ1) is 17.2. The fraction of sp³-hybridized carbons (Fsp3) is 0.480. The van der Waals surface area contributed by atoms with Crippen molar-refractivity contribution in [3.8, 4) is 0 Å². The SMILES string of the molecule is COC(=O)C1(c2cc(F)c(CC3[C@H](C)NC[C@@H](c4ccccc4)S3(=O)=O)cc2F)CC(O)(C(F)(F)F)C1. The normalized spacial score (nSPS) is 31.4. The number of methoxy groups -OCH3 is 1. The Balaban J connectivity index is 1.67. The number of carbonyl (C=O) groups excluding carboxylic acids is 1. The van der Waals surface area contributed by atoms with Gasteiger partial charge in [0.25, 0.3) is 0 Å². The lowest BCUT2D eigenvalue weighted by atomic mass is 9.55. The van der Waals surface area contributed by atoms with E-state index in [9.17, 15) is 31.5 Å². The van der Waals surface area contributed by atoms with Gasteiger partial charge in [-0.3, -0.25) is 4.79 Å². The van der Waals surface area contributed by atoms with Crippen molar-refractivity contribution in [2.24, 2.45) is 0 Å². The second-order valence-electron chi connectivity index (χ2n) is 9.81. The number of halogens is 5. The van der Waals surface area contributed by atoms with Gasteiger partial charge in [-0.15, -0.1) is 0 Å². The molecule has 0 bridgehead atoms. The van der Waals surface area contributed by atoms with Crippen LogP contribution in [0.2, 0.25) is 0 Å². The van der Waals surface area contributed by atoms with Crippen molar-refractivity contribution in [2.75, 3.05) is 13.7 Å². The highest BCUT2D eigenvalue weighted by atomic mass is 32.2. The third-order valence-electron chi connectivity index (χ3n) is 7.54. The molecule has 1 aliphatic heterocycles. The second kappa shape index (κ2) is 9.32. The lowest BCUT2D eigenvalue weighted by Crippen LogP contribution is -2.65. The summed E-state index contributed by atoms with van der Waals surface area (Å²) in [5.74, 6) is -3.52. The fourth-order valence-corrected chi connectivity index (χ4v) is 7.78. The summed E-state index contributed by atoms with van der Waals surface area (Å²) < 4.78 is 102. The lowest BCUT2D eigenvalue weighted by molar-refractivity contribution is -0.303. The molecular formula is C25H26F5NO5S. The Hall–Kier alpha value is -2.57. The Morgan fingerprint density at radius 1 is 1.14 bits per heavy atom. The summed E-state index contributed by atoms with van der Waals surface area (Å²) in [6, 6.07) is 9.17. The van der Waals surface area contributed by atoms with E-state index in [1.165, 1.54) is 0 Å². The van der Waals surface area contributed by atoms with Crippen LogP contribution in [-0.2, 0) is 31.2 Å². The number of hydrogen-bond acceptors (Lipinski definition) is 6. The molecule has 0 amide bonds. The van der Waals surface area contributed by atoms with E-state index in [0.717, 1.165) is 7.11 Å². The molecule has 12 heteroatoms. The number of esters is 1. The van der Waals surface area contributed by atoms with Crippen molar-refractivity contribution in [1.82, 2.24) is 5.32 Å². The maximum absolute atomic E-state index is 15.3. The zero-order valence-electron chi connectivity index (χ0n) is 20.0. The quantitative estimate of drug-likeness (QED) is 0.440. The van der Waals surface area contributed by atoms with Gasteiger partial charge in [0.15, 0.2) is 15.4 Å². The molecule has 0 aromatic heterocycles. The first-order valence-electron chi connectivity index (χ1n) is 11.5. The molecule has 0 spiro atoms. The highest BCUT2D eigenvalue weighted by molar-refractivity contribution is 7.92. The van der Waals surface area contributed by atoms with Gasteiger partial charge in [-0.1, -0.05) is 30.3 Å². The Morgan fingerprint density at radius 3 is 2.32 bits per heavy atom. The maximum Gasteiger partial charge on any atom is 0.417 e. The summed E-state index contributed by atoms with van der Waals surface area (Å²) in [4.78, 5) is 12.4. The summed E-state index contributed by atoms with van der Waals surface area (Å²) in [5.41, 5.74) is -5.94. The first kappa shape index (κ1) is 27.5. The molecule has 1 unspecified atom stereocenters. The van der Waals surface area contributed by atoms with Crippen LogP contribution >= 0.6 is 0 Å². The molecule has 1 heterocycles. The van der Waals surface area contributed by atoms with E-state index in [0.29, 0.717) is 17.7 Å². The highest BCUT2D eigenvalue weighted by Gasteiger charge is 2.71. The maximum atomic E-state index is 15.3. The van der Waals surface area contributed by atoms with Crippen LogP contribution in [0.15, 0.2) is 42.5 Å². The van der Waals surface area contributed by atoms with Gasteiger partial charge < -0.3 is 15.2 Å². The van der Waals surface area contributed by atoms with E-state index in [1.54, 1.807) is 37.3 Å². The van der Waals surface area contributed by atoms with Crippen LogP contribution in [-0.4, -0.2) is 56.2 Å². The summed E-state index contributed by atoms with van der Waals surface area (Å²) in [5, 5.41) is 11.0. The Kier molecular flexibility index (Phi) is 6.92. The molecule has 3 atom stereocenters. The number of nitrogens with one attached hydrogen (secondary N) is 1. The number of hydrogen-bond donors (Lipinski definition) is 2. The van der Waals surface area contributed by atoms with Crippen molar-refractivity contribution in [3.63, 3.8) is 0 Å². The highest BCUT2D eigenvalue weighted by Crippen LogP contribution is 2.58. The van der Waals surface area contributed by atoms with Crippen LogP contribution in [0.1, 0.15) is 41.7 Å². The molecule has 0 radical (unpaired) electrons. The van der Waals surface area contributed by atoms with Gasteiger partial charge in [0.1, 0.15) is 17.0 Å². The van der Waals surface area contributed by atoms with Gasteiger partial charge in [0, 0.05) is 31.0 Å². The zero-order chi connectivity index (χ0) is 27.4. The molecule has 2 N–H and O–H groups in total. The van der Waals surface area contributed by atoms with E-state index in [2.05, 4.69) is 10.1 Å². The van der Waals surface area contributed by atoms with Gasteiger partial charge in [0.05, 0.1) is 17.6 Å². The topological polar surface area (TPSA) is 92.7 Å². The largest absolute Gasteiger partial charge is 0.468 e. The number of alkyl halides is 3. The predicted octanol–water partition coefficient (Wildman–Crippen LogP) is 3.52. The number of ether oxygens (including phenoxy) is 1. The smallest absolute Gasteiger partial charge is 0.417 e. The van der Waals surface area contributed by atoms with Gasteiger partial charge in [0.2, 0.25) is 0 Å². The van der Waals surface area contributed by atoms with Crippen LogP contribution in [0, 0.1) is 11.6 Å². The molecule has 2 fully saturated rings. The molecule has 2 aromatic rings. The third kappa shape index (κ3) is 4.52. The Morgan fingerprint density at radius 2 is 1.76 bits per heavy atom. The molecule has 1 saturated heterocycles. The van der Waals surface area contributed by atoms with Crippen LogP contribution in [0.5, 0.6) is 0 Å². The number of carbonyl (C=O) groups is 1.